The summed E-state index contributed by atoms with van der Waals surface area (Å²) >= 11 is 12.0. The fraction of sp³-hybridized carbons (Fsp3) is 0.286. The van der Waals surface area contributed by atoms with Crippen LogP contribution in [0.15, 0.2) is 42.6 Å². The maximum absolute atomic E-state index is 11.5. The number of aliphatic hydroxyl groups is 1. The molecule has 0 amide bonds. The number of nitrogens with zero attached hydrogens (tertiary/aromatic N) is 2. The van der Waals surface area contributed by atoms with Crippen LogP contribution in [0.25, 0.3) is 11.0 Å². The second-order valence-corrected chi connectivity index (χ2v) is 7.25. The van der Waals surface area contributed by atoms with Gasteiger partial charge in [-0.2, -0.15) is 0 Å². The number of fused-ring (bicyclic) bond motifs is 1. The Bertz CT molecular complexity index is 1030. The number of halogens is 2. The predicted octanol–water partition coefficient (Wildman–Crippen LogP) is 4.81. The highest BCUT2D eigenvalue weighted by Crippen LogP contribution is 2.28. The Morgan fingerprint density at radius 1 is 1.10 bits per heavy atom. The van der Waals surface area contributed by atoms with Crippen LogP contribution in [0.5, 0.6) is 17.4 Å². The molecule has 1 heterocycles. The van der Waals surface area contributed by atoms with E-state index in [1.165, 1.54) is 6.20 Å². The van der Waals surface area contributed by atoms with E-state index in [9.17, 15) is 9.90 Å². The van der Waals surface area contributed by atoms with Crippen LogP contribution in [-0.2, 0) is 9.53 Å². The molecule has 30 heavy (non-hydrogen) atoms. The molecule has 2 aromatic carbocycles. The van der Waals surface area contributed by atoms with E-state index in [0.29, 0.717) is 38.5 Å². The van der Waals surface area contributed by atoms with Crippen molar-refractivity contribution in [2.45, 2.75) is 32.5 Å². The Morgan fingerprint density at radius 3 is 2.40 bits per heavy atom. The zero-order valence-corrected chi connectivity index (χ0v) is 17.9. The van der Waals surface area contributed by atoms with E-state index in [4.69, 9.17) is 37.4 Å². The summed E-state index contributed by atoms with van der Waals surface area (Å²) in [5.74, 6) is 0.872. The Kier molecular flexibility index (Phi) is 7.31. The van der Waals surface area contributed by atoms with Crippen molar-refractivity contribution >= 4 is 40.2 Å². The highest BCUT2D eigenvalue weighted by Gasteiger charge is 2.20. The summed E-state index contributed by atoms with van der Waals surface area (Å²) in [6.45, 7) is 3.66. The van der Waals surface area contributed by atoms with Crippen molar-refractivity contribution in [2.75, 3.05) is 6.61 Å². The minimum atomic E-state index is -0.979. The molecule has 2 atom stereocenters. The lowest BCUT2D eigenvalue weighted by Gasteiger charge is -2.20. The number of carbonyl (C=O) groups is 1. The molecule has 3 aromatic rings. The van der Waals surface area contributed by atoms with E-state index in [1.807, 2.05) is 0 Å². The topological polar surface area (TPSA) is 90.8 Å². The first-order chi connectivity index (χ1) is 14.4. The van der Waals surface area contributed by atoms with Crippen molar-refractivity contribution < 1.29 is 24.1 Å². The zero-order valence-electron chi connectivity index (χ0n) is 16.3. The van der Waals surface area contributed by atoms with Gasteiger partial charge < -0.3 is 19.3 Å². The third-order valence-corrected chi connectivity index (χ3v) is 4.88. The Labute approximate surface area is 183 Å². The summed E-state index contributed by atoms with van der Waals surface area (Å²) in [7, 11) is 0. The number of aromatic nitrogens is 2. The van der Waals surface area contributed by atoms with Crippen LogP contribution in [0.1, 0.15) is 20.3 Å². The maximum atomic E-state index is 11.5. The summed E-state index contributed by atoms with van der Waals surface area (Å²) in [4.78, 5) is 20.1. The fourth-order valence-electron chi connectivity index (χ4n) is 2.60. The number of ether oxygens (including phenoxy) is 3. The van der Waals surface area contributed by atoms with Gasteiger partial charge in [-0.25, -0.2) is 9.97 Å². The summed E-state index contributed by atoms with van der Waals surface area (Å²) in [5, 5.41) is 10.9. The lowest BCUT2D eigenvalue weighted by atomic mass is 10.1. The molecule has 0 fully saturated rings. The van der Waals surface area contributed by atoms with Crippen molar-refractivity contribution in [2.24, 2.45) is 0 Å². The number of benzene rings is 2. The molecule has 2 unspecified atom stereocenters. The number of carbonyl (C=O) groups excluding carboxylic acids is 1. The molecule has 0 saturated heterocycles. The van der Waals surface area contributed by atoms with Gasteiger partial charge in [0.15, 0.2) is 0 Å². The first-order valence-electron chi connectivity index (χ1n) is 9.25. The first-order valence-corrected chi connectivity index (χ1v) is 10.0. The third kappa shape index (κ3) is 5.72. The van der Waals surface area contributed by atoms with E-state index >= 15 is 0 Å². The normalized spacial score (nSPS) is 13.0. The molecule has 3 rings (SSSR count). The molecule has 9 heteroatoms. The van der Waals surface area contributed by atoms with Crippen LogP contribution in [-0.4, -0.2) is 39.9 Å². The van der Waals surface area contributed by atoms with Gasteiger partial charge in [-0.15, -0.1) is 0 Å². The number of aliphatic hydroxyl groups excluding tert-OH is 1. The molecule has 0 aliphatic carbocycles. The van der Waals surface area contributed by atoms with Crippen LogP contribution in [0.2, 0.25) is 10.0 Å². The second kappa shape index (κ2) is 9.93. The predicted molar refractivity (Wildman–Crippen MR) is 113 cm³/mol. The Hall–Kier alpha value is -2.61. The summed E-state index contributed by atoms with van der Waals surface area (Å²) in [6, 6.07) is 10.0. The van der Waals surface area contributed by atoms with Crippen LogP contribution in [0.4, 0.5) is 0 Å². The molecular formula is C21H20Cl2N2O5. The van der Waals surface area contributed by atoms with Gasteiger partial charge in [0.25, 0.3) is 0 Å². The van der Waals surface area contributed by atoms with E-state index < -0.39 is 18.2 Å². The van der Waals surface area contributed by atoms with E-state index in [0.717, 1.165) is 0 Å². The van der Waals surface area contributed by atoms with Gasteiger partial charge in [0.2, 0.25) is 5.88 Å². The van der Waals surface area contributed by atoms with Gasteiger partial charge in [-0.3, -0.25) is 4.79 Å². The van der Waals surface area contributed by atoms with Crippen molar-refractivity contribution in [3.8, 4) is 17.4 Å². The summed E-state index contributed by atoms with van der Waals surface area (Å²) < 4.78 is 16.2. The molecule has 0 bridgehead atoms. The standard InChI is InChI=1S/C21H20Cl2N2O5/c1-3-28-21(27)10-19(26)12(2)29-13-4-6-14(7-5-13)30-20-11-24-17-8-15(22)16(23)9-18(17)25-20/h4-9,11-12,19,26H,3,10H2,1-2H3. The van der Waals surface area contributed by atoms with Crippen molar-refractivity contribution in [3.05, 3.63) is 52.6 Å². The van der Waals surface area contributed by atoms with E-state index in [1.54, 1.807) is 50.2 Å². The smallest absolute Gasteiger partial charge is 0.308 e. The van der Waals surface area contributed by atoms with Crippen molar-refractivity contribution in [3.63, 3.8) is 0 Å². The van der Waals surface area contributed by atoms with Crippen molar-refractivity contribution in [1.82, 2.24) is 9.97 Å². The fourth-order valence-corrected chi connectivity index (χ4v) is 2.91. The van der Waals surface area contributed by atoms with Crippen LogP contribution in [0.3, 0.4) is 0 Å². The number of hydrogen-bond acceptors (Lipinski definition) is 7. The highest BCUT2D eigenvalue weighted by molar-refractivity contribution is 6.42. The zero-order chi connectivity index (χ0) is 21.7. The van der Waals surface area contributed by atoms with Gasteiger partial charge in [-0.1, -0.05) is 23.2 Å². The molecule has 1 N–H and O–H groups in total. The second-order valence-electron chi connectivity index (χ2n) is 6.44. The molecular weight excluding hydrogens is 431 g/mol. The van der Waals surface area contributed by atoms with Gasteiger partial charge >= 0.3 is 5.97 Å². The lowest BCUT2D eigenvalue weighted by molar-refractivity contribution is -0.146. The van der Waals surface area contributed by atoms with Gasteiger partial charge in [-0.05, 0) is 50.2 Å². The quantitative estimate of drug-likeness (QED) is 0.492. The minimum absolute atomic E-state index is 0.133. The first kappa shape index (κ1) is 22.1. The average Bonchev–Trinajstić information content (AvgIpc) is 2.70. The summed E-state index contributed by atoms with van der Waals surface area (Å²) in [5.41, 5.74) is 1.17. The van der Waals surface area contributed by atoms with Crippen LogP contribution >= 0.6 is 23.2 Å². The number of hydrogen-bond donors (Lipinski definition) is 1. The lowest BCUT2D eigenvalue weighted by Crippen LogP contribution is -2.31. The molecule has 7 nitrogen and oxygen atoms in total. The maximum Gasteiger partial charge on any atom is 0.308 e. The molecule has 0 saturated carbocycles. The molecule has 158 valence electrons. The van der Waals surface area contributed by atoms with Crippen molar-refractivity contribution in [1.29, 1.82) is 0 Å². The van der Waals surface area contributed by atoms with E-state index in [-0.39, 0.29) is 13.0 Å². The van der Waals surface area contributed by atoms with E-state index in [2.05, 4.69) is 9.97 Å². The molecule has 0 spiro atoms. The number of esters is 1. The molecule has 0 aliphatic rings. The molecule has 0 radical (unpaired) electrons. The van der Waals surface area contributed by atoms with Gasteiger partial charge in [0.05, 0.1) is 40.3 Å². The summed E-state index contributed by atoms with van der Waals surface area (Å²) in [6.07, 6.45) is -0.214. The Morgan fingerprint density at radius 2 is 1.73 bits per heavy atom. The monoisotopic (exact) mass is 450 g/mol. The van der Waals surface area contributed by atoms with Crippen LogP contribution in [0, 0.1) is 0 Å². The molecule has 1 aromatic heterocycles. The van der Waals surface area contributed by atoms with Gasteiger partial charge in [0, 0.05) is 0 Å². The van der Waals surface area contributed by atoms with Crippen LogP contribution < -0.4 is 9.47 Å². The largest absolute Gasteiger partial charge is 0.488 e. The Balaban J connectivity index is 1.62. The van der Waals surface area contributed by atoms with Gasteiger partial charge in [0.1, 0.15) is 23.7 Å². The highest BCUT2D eigenvalue weighted by atomic mass is 35.5. The minimum Gasteiger partial charge on any atom is -0.488 e. The average molecular weight is 451 g/mol. The third-order valence-electron chi connectivity index (χ3n) is 4.15. The SMILES string of the molecule is CCOC(=O)CC(O)C(C)Oc1ccc(Oc2cnc3cc(Cl)c(Cl)cc3n2)cc1. The number of rotatable bonds is 8. The molecule has 0 aliphatic heterocycles.